The molecule has 0 atom stereocenters. The number of hydrogen-bond donors (Lipinski definition) is 0. The number of carbonyl (C=O) groups is 1. The van der Waals surface area contributed by atoms with E-state index in [-0.39, 0.29) is 0 Å². The van der Waals surface area contributed by atoms with E-state index in [9.17, 15) is 4.79 Å². The fraction of sp³-hybridized carbons (Fsp3) is 0.583. The van der Waals surface area contributed by atoms with Crippen LogP contribution in [0.2, 0.25) is 0 Å². The molecule has 2 rings (SSSR count). The summed E-state index contributed by atoms with van der Waals surface area (Å²) in [6.45, 7) is 6.81. The van der Waals surface area contributed by atoms with Crippen molar-refractivity contribution in [3.05, 3.63) is 21.4 Å². The second-order valence-corrected chi connectivity index (χ2v) is 4.99. The molecule has 16 heavy (non-hydrogen) atoms. The first-order valence-electron chi connectivity index (χ1n) is 5.63. The van der Waals surface area contributed by atoms with Crippen molar-refractivity contribution in [2.45, 2.75) is 13.3 Å². The van der Waals surface area contributed by atoms with Crippen LogP contribution in [-0.2, 0) is 11.2 Å². The van der Waals surface area contributed by atoms with Gasteiger partial charge in [-0.3, -0.25) is 9.69 Å². The molecule has 1 aromatic heterocycles. The molecule has 2 heterocycles. The first kappa shape index (κ1) is 11.8. The van der Waals surface area contributed by atoms with Gasteiger partial charge in [0.05, 0.1) is 18.1 Å². The molecule has 0 bridgehead atoms. The van der Waals surface area contributed by atoms with Gasteiger partial charge in [0, 0.05) is 19.6 Å². The van der Waals surface area contributed by atoms with E-state index in [1.54, 1.807) is 11.3 Å². The van der Waals surface area contributed by atoms with Gasteiger partial charge in [-0.25, -0.2) is 0 Å². The fourth-order valence-corrected chi connectivity index (χ4v) is 2.91. The molecule has 0 amide bonds. The summed E-state index contributed by atoms with van der Waals surface area (Å²) in [7, 11) is 0. The van der Waals surface area contributed by atoms with Crippen LogP contribution >= 0.6 is 11.3 Å². The lowest BCUT2D eigenvalue weighted by Gasteiger charge is -2.26. The summed E-state index contributed by atoms with van der Waals surface area (Å²) in [6, 6.07) is 0. The third-order valence-electron chi connectivity index (χ3n) is 3.02. The van der Waals surface area contributed by atoms with Gasteiger partial charge >= 0.3 is 0 Å². The maximum absolute atomic E-state index is 10.9. The predicted octanol–water partition coefficient (Wildman–Crippen LogP) is 1.74. The first-order valence-corrected chi connectivity index (χ1v) is 6.51. The fourth-order valence-electron chi connectivity index (χ4n) is 2.00. The van der Waals surface area contributed by atoms with Gasteiger partial charge in [-0.1, -0.05) is 0 Å². The molecular weight excluding hydrogens is 222 g/mol. The molecule has 0 unspecified atom stereocenters. The Labute approximate surface area is 100 Å². The van der Waals surface area contributed by atoms with E-state index >= 15 is 0 Å². The molecule has 1 aliphatic heterocycles. The Morgan fingerprint density at radius 3 is 2.94 bits per heavy atom. The summed E-state index contributed by atoms with van der Waals surface area (Å²) in [5.41, 5.74) is 2.48. The van der Waals surface area contributed by atoms with Crippen LogP contribution in [0, 0.1) is 6.92 Å². The summed E-state index contributed by atoms with van der Waals surface area (Å²) >= 11 is 1.55. The minimum atomic E-state index is 0.836. The molecule has 0 N–H and O–H groups in total. The lowest BCUT2D eigenvalue weighted by Crippen LogP contribution is -2.37. The van der Waals surface area contributed by atoms with Crippen molar-refractivity contribution in [3.8, 4) is 0 Å². The lowest BCUT2D eigenvalue weighted by molar-refractivity contribution is 0.0384. The number of morpholine rings is 1. The van der Waals surface area contributed by atoms with Crippen LogP contribution < -0.4 is 0 Å². The Morgan fingerprint density at radius 2 is 2.25 bits per heavy atom. The van der Waals surface area contributed by atoms with Crippen LogP contribution in [0.1, 0.15) is 20.8 Å². The van der Waals surface area contributed by atoms with Crippen molar-refractivity contribution in [1.82, 2.24) is 4.90 Å². The topological polar surface area (TPSA) is 29.5 Å². The number of thiophene rings is 1. The van der Waals surface area contributed by atoms with Gasteiger partial charge in [0.1, 0.15) is 0 Å². The molecule has 0 aliphatic carbocycles. The smallest absolute Gasteiger partial charge is 0.160 e. The summed E-state index contributed by atoms with van der Waals surface area (Å²) in [6.07, 6.45) is 1.95. The van der Waals surface area contributed by atoms with Gasteiger partial charge in [-0.15, -0.1) is 11.3 Å². The van der Waals surface area contributed by atoms with E-state index in [1.165, 1.54) is 11.1 Å². The van der Waals surface area contributed by atoms with Crippen LogP contribution in [0.3, 0.4) is 0 Å². The van der Waals surface area contributed by atoms with Gasteiger partial charge in [-0.2, -0.15) is 0 Å². The van der Waals surface area contributed by atoms with Crippen molar-refractivity contribution in [2.75, 3.05) is 32.8 Å². The Bertz CT molecular complexity index is 356. The minimum Gasteiger partial charge on any atom is -0.379 e. The Morgan fingerprint density at radius 1 is 1.50 bits per heavy atom. The molecule has 1 aromatic rings. The standard InChI is InChI=1S/C12H17NO2S/c1-10-9-16-12(8-14)11(10)2-3-13-4-6-15-7-5-13/h8-9H,2-7H2,1H3. The molecule has 1 saturated heterocycles. The average Bonchev–Trinajstić information content (AvgIpc) is 2.69. The highest BCUT2D eigenvalue weighted by Crippen LogP contribution is 2.21. The largest absolute Gasteiger partial charge is 0.379 e. The summed E-state index contributed by atoms with van der Waals surface area (Å²) in [5, 5.41) is 2.07. The van der Waals surface area contributed by atoms with Gasteiger partial charge in [0.15, 0.2) is 6.29 Å². The van der Waals surface area contributed by atoms with E-state index in [0.29, 0.717) is 0 Å². The Kier molecular flexibility index (Phi) is 4.09. The van der Waals surface area contributed by atoms with Crippen molar-refractivity contribution < 1.29 is 9.53 Å². The number of aryl methyl sites for hydroxylation is 1. The zero-order valence-electron chi connectivity index (χ0n) is 9.57. The van der Waals surface area contributed by atoms with Crippen LogP contribution in [-0.4, -0.2) is 44.0 Å². The average molecular weight is 239 g/mol. The summed E-state index contributed by atoms with van der Waals surface area (Å²) in [4.78, 5) is 14.2. The molecular formula is C12H17NO2S. The van der Waals surface area contributed by atoms with Gasteiger partial charge in [-0.05, 0) is 29.9 Å². The molecule has 3 nitrogen and oxygen atoms in total. The highest BCUT2D eigenvalue weighted by molar-refractivity contribution is 7.12. The highest BCUT2D eigenvalue weighted by Gasteiger charge is 2.13. The van der Waals surface area contributed by atoms with Crippen molar-refractivity contribution >= 4 is 17.6 Å². The highest BCUT2D eigenvalue weighted by atomic mass is 32.1. The number of ether oxygens (including phenoxy) is 1. The predicted molar refractivity (Wildman–Crippen MR) is 65.4 cm³/mol. The van der Waals surface area contributed by atoms with Crippen molar-refractivity contribution in [2.24, 2.45) is 0 Å². The monoisotopic (exact) mass is 239 g/mol. The van der Waals surface area contributed by atoms with Crippen LogP contribution in [0.5, 0.6) is 0 Å². The van der Waals surface area contributed by atoms with Crippen LogP contribution in [0.4, 0.5) is 0 Å². The second-order valence-electron chi connectivity index (χ2n) is 4.08. The van der Waals surface area contributed by atoms with E-state index in [1.807, 2.05) is 0 Å². The molecule has 1 aliphatic rings. The first-order chi connectivity index (χ1) is 7.81. The maximum Gasteiger partial charge on any atom is 0.160 e. The van der Waals surface area contributed by atoms with E-state index in [0.717, 1.165) is 50.4 Å². The van der Waals surface area contributed by atoms with E-state index in [2.05, 4.69) is 17.2 Å². The van der Waals surface area contributed by atoms with Crippen molar-refractivity contribution in [3.63, 3.8) is 0 Å². The minimum absolute atomic E-state index is 0.836. The molecule has 0 spiro atoms. The van der Waals surface area contributed by atoms with Crippen LogP contribution in [0.25, 0.3) is 0 Å². The third-order valence-corrected chi connectivity index (χ3v) is 4.09. The molecule has 0 saturated carbocycles. The Hall–Kier alpha value is -0.710. The Balaban J connectivity index is 1.92. The maximum atomic E-state index is 10.9. The van der Waals surface area contributed by atoms with Gasteiger partial charge in [0.25, 0.3) is 0 Å². The molecule has 4 heteroatoms. The molecule has 0 aromatic carbocycles. The number of carbonyl (C=O) groups excluding carboxylic acids is 1. The van der Waals surface area contributed by atoms with E-state index in [4.69, 9.17) is 4.74 Å². The SMILES string of the molecule is Cc1csc(C=O)c1CCN1CCOCC1. The number of hydrogen-bond acceptors (Lipinski definition) is 4. The zero-order chi connectivity index (χ0) is 11.4. The summed E-state index contributed by atoms with van der Waals surface area (Å²) in [5.74, 6) is 0. The quantitative estimate of drug-likeness (QED) is 0.750. The molecule has 88 valence electrons. The lowest BCUT2D eigenvalue weighted by atomic mass is 10.1. The summed E-state index contributed by atoms with van der Waals surface area (Å²) < 4.78 is 5.31. The van der Waals surface area contributed by atoms with Crippen molar-refractivity contribution in [1.29, 1.82) is 0 Å². The number of rotatable bonds is 4. The third kappa shape index (κ3) is 2.70. The number of aldehydes is 1. The van der Waals surface area contributed by atoms with E-state index < -0.39 is 0 Å². The number of nitrogens with zero attached hydrogens (tertiary/aromatic N) is 1. The zero-order valence-corrected chi connectivity index (χ0v) is 10.4. The molecule has 1 fully saturated rings. The van der Waals surface area contributed by atoms with Crippen LogP contribution in [0.15, 0.2) is 5.38 Å². The van der Waals surface area contributed by atoms with Gasteiger partial charge in [0.2, 0.25) is 0 Å². The normalized spacial score (nSPS) is 17.6. The molecule has 0 radical (unpaired) electrons. The van der Waals surface area contributed by atoms with Gasteiger partial charge < -0.3 is 4.74 Å². The second kappa shape index (κ2) is 5.57.